The largest absolute Gasteiger partial charge is 0.380 e. The fraction of sp³-hybridized carbons (Fsp3) is 0.562. The Kier molecular flexibility index (Phi) is 3.31. The molecule has 1 aromatic rings. The van der Waals surface area contributed by atoms with Gasteiger partial charge < -0.3 is 10.4 Å². The summed E-state index contributed by atoms with van der Waals surface area (Å²) in [6.07, 6.45) is 6.19. The third kappa shape index (κ3) is 2.39. The summed E-state index contributed by atoms with van der Waals surface area (Å²) in [5, 5.41) is 13.5. The zero-order chi connectivity index (χ0) is 13.3. The number of nitrogens with one attached hydrogen (secondary N) is 1. The van der Waals surface area contributed by atoms with Crippen LogP contribution >= 0.6 is 0 Å². The minimum absolute atomic E-state index is 0.0784. The average Bonchev–Trinajstić information content (AvgIpc) is 2.83. The number of aryl methyl sites for hydroxylation is 1. The van der Waals surface area contributed by atoms with E-state index >= 15 is 0 Å². The van der Waals surface area contributed by atoms with E-state index in [9.17, 15) is 9.90 Å². The summed E-state index contributed by atoms with van der Waals surface area (Å²) in [5.74, 6) is -0.172. The van der Waals surface area contributed by atoms with Gasteiger partial charge in [0.05, 0.1) is 6.04 Å². The maximum atomic E-state index is 12.3. The molecular weight excluding hydrogens is 238 g/mol. The van der Waals surface area contributed by atoms with E-state index in [2.05, 4.69) is 17.4 Å². The van der Waals surface area contributed by atoms with Gasteiger partial charge in [-0.2, -0.15) is 0 Å². The first-order valence-electron chi connectivity index (χ1n) is 7.30. The van der Waals surface area contributed by atoms with Crippen molar-refractivity contribution < 1.29 is 9.90 Å². The van der Waals surface area contributed by atoms with Crippen LogP contribution in [0.4, 0.5) is 0 Å². The number of carbonyl (C=O) groups excluding carboxylic acids is 1. The Morgan fingerprint density at radius 3 is 2.74 bits per heavy atom. The third-order valence-corrected chi connectivity index (χ3v) is 4.54. The van der Waals surface area contributed by atoms with Crippen LogP contribution in [0.3, 0.4) is 0 Å². The summed E-state index contributed by atoms with van der Waals surface area (Å²) in [4.78, 5) is 12.3. The molecule has 1 atom stereocenters. The number of hydrogen-bond donors (Lipinski definition) is 2. The molecule has 1 saturated carbocycles. The van der Waals surface area contributed by atoms with E-state index in [0.717, 1.165) is 32.1 Å². The Balaban J connectivity index is 1.71. The van der Waals surface area contributed by atoms with Gasteiger partial charge in [-0.15, -0.1) is 0 Å². The quantitative estimate of drug-likeness (QED) is 0.857. The molecular formula is C16H21NO2. The molecule has 19 heavy (non-hydrogen) atoms. The maximum Gasteiger partial charge on any atom is 0.252 e. The summed E-state index contributed by atoms with van der Waals surface area (Å²) in [6.45, 7) is 0. The van der Waals surface area contributed by atoms with Gasteiger partial charge in [0, 0.05) is 0 Å². The van der Waals surface area contributed by atoms with Crippen LogP contribution < -0.4 is 5.32 Å². The molecule has 2 N–H and O–H groups in total. The van der Waals surface area contributed by atoms with Crippen molar-refractivity contribution in [3.63, 3.8) is 0 Å². The molecule has 0 aromatic heterocycles. The normalized spacial score (nSPS) is 24.8. The zero-order valence-electron chi connectivity index (χ0n) is 11.2. The van der Waals surface area contributed by atoms with Crippen molar-refractivity contribution in [1.82, 2.24) is 5.32 Å². The third-order valence-electron chi connectivity index (χ3n) is 4.54. The molecule has 0 saturated heterocycles. The topological polar surface area (TPSA) is 49.3 Å². The molecule has 1 amide bonds. The minimum Gasteiger partial charge on any atom is -0.380 e. The summed E-state index contributed by atoms with van der Waals surface area (Å²) >= 11 is 0. The molecule has 0 heterocycles. The second-order valence-corrected chi connectivity index (χ2v) is 5.86. The first kappa shape index (κ1) is 12.7. The SMILES string of the molecule is O=C(NC1CCc2ccccc21)C1(O)CCCCC1. The second kappa shape index (κ2) is 4.97. The van der Waals surface area contributed by atoms with Crippen LogP contribution in [-0.4, -0.2) is 16.6 Å². The zero-order valence-corrected chi connectivity index (χ0v) is 11.2. The number of aliphatic hydroxyl groups is 1. The van der Waals surface area contributed by atoms with Gasteiger partial charge in [0.15, 0.2) is 0 Å². The van der Waals surface area contributed by atoms with Gasteiger partial charge in [0.2, 0.25) is 0 Å². The number of fused-ring (bicyclic) bond motifs is 1. The van der Waals surface area contributed by atoms with Crippen LogP contribution in [0.2, 0.25) is 0 Å². The van der Waals surface area contributed by atoms with E-state index in [1.807, 2.05) is 12.1 Å². The predicted molar refractivity (Wildman–Crippen MR) is 73.7 cm³/mol. The number of hydrogen-bond acceptors (Lipinski definition) is 2. The van der Waals surface area contributed by atoms with Gasteiger partial charge in [0.1, 0.15) is 5.60 Å². The lowest BCUT2D eigenvalue weighted by atomic mass is 9.84. The van der Waals surface area contributed by atoms with E-state index < -0.39 is 5.60 Å². The van der Waals surface area contributed by atoms with Crippen LogP contribution in [0.25, 0.3) is 0 Å². The summed E-state index contributed by atoms with van der Waals surface area (Å²) in [7, 11) is 0. The van der Waals surface area contributed by atoms with Crippen molar-refractivity contribution in [3.05, 3.63) is 35.4 Å². The molecule has 0 radical (unpaired) electrons. The van der Waals surface area contributed by atoms with Gasteiger partial charge in [-0.3, -0.25) is 4.79 Å². The molecule has 1 aromatic carbocycles. The van der Waals surface area contributed by atoms with E-state index in [1.54, 1.807) is 0 Å². The van der Waals surface area contributed by atoms with Crippen LogP contribution in [0.15, 0.2) is 24.3 Å². The number of amides is 1. The van der Waals surface area contributed by atoms with Gasteiger partial charge in [-0.05, 0) is 36.8 Å². The van der Waals surface area contributed by atoms with E-state index in [4.69, 9.17) is 0 Å². The number of benzene rings is 1. The second-order valence-electron chi connectivity index (χ2n) is 5.86. The minimum atomic E-state index is -1.13. The first-order chi connectivity index (χ1) is 9.19. The molecule has 0 spiro atoms. The van der Waals surface area contributed by atoms with E-state index in [-0.39, 0.29) is 11.9 Å². The van der Waals surface area contributed by atoms with Crippen molar-refractivity contribution >= 4 is 5.91 Å². The molecule has 0 aliphatic heterocycles. The monoisotopic (exact) mass is 259 g/mol. The molecule has 3 nitrogen and oxygen atoms in total. The van der Waals surface area contributed by atoms with Crippen molar-refractivity contribution in [2.75, 3.05) is 0 Å². The highest BCUT2D eigenvalue weighted by atomic mass is 16.3. The Morgan fingerprint density at radius 1 is 1.21 bits per heavy atom. The molecule has 102 valence electrons. The lowest BCUT2D eigenvalue weighted by Gasteiger charge is -2.31. The highest BCUT2D eigenvalue weighted by Crippen LogP contribution is 2.33. The van der Waals surface area contributed by atoms with Crippen molar-refractivity contribution in [1.29, 1.82) is 0 Å². The van der Waals surface area contributed by atoms with E-state index in [1.165, 1.54) is 11.1 Å². The number of rotatable bonds is 2. The van der Waals surface area contributed by atoms with Gasteiger partial charge in [0.25, 0.3) is 5.91 Å². The molecule has 2 aliphatic carbocycles. The molecule has 3 rings (SSSR count). The van der Waals surface area contributed by atoms with Crippen LogP contribution in [0, 0.1) is 0 Å². The smallest absolute Gasteiger partial charge is 0.252 e. The summed E-state index contributed by atoms with van der Waals surface area (Å²) < 4.78 is 0. The molecule has 0 bridgehead atoms. The van der Waals surface area contributed by atoms with Crippen molar-refractivity contribution in [3.8, 4) is 0 Å². The summed E-state index contributed by atoms with van der Waals surface area (Å²) in [6, 6.07) is 8.33. The number of carbonyl (C=O) groups is 1. The van der Waals surface area contributed by atoms with Gasteiger partial charge in [-0.25, -0.2) is 0 Å². The Hall–Kier alpha value is -1.35. The van der Waals surface area contributed by atoms with E-state index in [0.29, 0.717) is 12.8 Å². The highest BCUT2D eigenvalue weighted by Gasteiger charge is 2.38. The maximum absolute atomic E-state index is 12.3. The lowest BCUT2D eigenvalue weighted by Crippen LogP contribution is -2.48. The van der Waals surface area contributed by atoms with Crippen LogP contribution in [0.1, 0.15) is 55.7 Å². The fourth-order valence-corrected chi connectivity index (χ4v) is 3.36. The average molecular weight is 259 g/mol. The standard InChI is InChI=1S/C16H21NO2/c18-15(16(19)10-4-1-5-11-16)17-14-9-8-12-6-2-3-7-13(12)14/h2-3,6-7,14,19H,1,4-5,8-11H2,(H,17,18). The fourth-order valence-electron chi connectivity index (χ4n) is 3.36. The van der Waals surface area contributed by atoms with Crippen molar-refractivity contribution in [2.24, 2.45) is 0 Å². The molecule has 1 unspecified atom stereocenters. The highest BCUT2D eigenvalue weighted by molar-refractivity contribution is 5.85. The van der Waals surface area contributed by atoms with Crippen molar-refractivity contribution in [2.45, 2.75) is 56.6 Å². The van der Waals surface area contributed by atoms with Gasteiger partial charge in [-0.1, -0.05) is 43.5 Å². The Morgan fingerprint density at radius 2 is 1.95 bits per heavy atom. The van der Waals surface area contributed by atoms with Crippen LogP contribution in [0.5, 0.6) is 0 Å². The molecule has 3 heteroatoms. The summed E-state index contributed by atoms with van der Waals surface area (Å²) in [5.41, 5.74) is 1.41. The molecule has 1 fully saturated rings. The Bertz CT molecular complexity index is 477. The molecule has 2 aliphatic rings. The lowest BCUT2D eigenvalue weighted by molar-refractivity contribution is -0.143. The first-order valence-corrected chi connectivity index (χ1v) is 7.30. The predicted octanol–water partition coefficient (Wildman–Crippen LogP) is 2.49. The van der Waals surface area contributed by atoms with Crippen LogP contribution in [-0.2, 0) is 11.2 Å². The Labute approximate surface area is 114 Å². The van der Waals surface area contributed by atoms with Gasteiger partial charge >= 0.3 is 0 Å².